The fraction of sp³-hybridized carbons (Fsp3) is 0.450. The molecule has 7 heteroatoms. The van der Waals surface area contributed by atoms with Gasteiger partial charge in [-0.25, -0.2) is 9.37 Å². The fourth-order valence-corrected chi connectivity index (χ4v) is 4.09. The molecular weight excluding hydrogens is 365 g/mol. The van der Waals surface area contributed by atoms with Crippen LogP contribution in [-0.4, -0.2) is 34.8 Å². The fourth-order valence-electron chi connectivity index (χ4n) is 3.14. The highest BCUT2D eigenvalue weighted by Crippen LogP contribution is 2.30. The van der Waals surface area contributed by atoms with Crippen LogP contribution in [0.4, 0.5) is 4.39 Å². The Morgan fingerprint density at radius 1 is 1.41 bits per heavy atom. The quantitative estimate of drug-likeness (QED) is 0.850. The molecule has 144 valence electrons. The van der Waals surface area contributed by atoms with Crippen molar-refractivity contribution in [3.8, 4) is 0 Å². The van der Waals surface area contributed by atoms with Gasteiger partial charge in [-0.05, 0) is 31.0 Å². The van der Waals surface area contributed by atoms with Crippen LogP contribution in [0.3, 0.4) is 0 Å². The largest absolute Gasteiger partial charge is 0.350 e. The van der Waals surface area contributed by atoms with E-state index >= 15 is 0 Å². The number of thiazole rings is 1. The topological polar surface area (TPSA) is 62.3 Å². The molecule has 1 saturated heterocycles. The second-order valence-electron chi connectivity index (χ2n) is 7.15. The summed E-state index contributed by atoms with van der Waals surface area (Å²) in [7, 11) is 0. The van der Waals surface area contributed by atoms with E-state index in [-0.39, 0.29) is 23.7 Å². The zero-order valence-electron chi connectivity index (χ0n) is 15.6. The van der Waals surface area contributed by atoms with Crippen LogP contribution >= 0.6 is 11.3 Å². The standard InChI is InChI=1S/C20H24FN3O2S/c1-13(2)18(25)22-10-17-12-27-19(23-17)15-6-4-8-24(11-15)20(26)14-5-3-7-16(21)9-14/h3,5,7,9,12-13,15H,4,6,8,10-11H2,1-2H3,(H,22,25)/t15-/m1/s1. The minimum Gasteiger partial charge on any atom is -0.350 e. The number of nitrogens with one attached hydrogen (secondary N) is 1. The van der Waals surface area contributed by atoms with Gasteiger partial charge in [-0.1, -0.05) is 19.9 Å². The minimum atomic E-state index is -0.401. The summed E-state index contributed by atoms with van der Waals surface area (Å²) in [6.07, 6.45) is 1.86. The van der Waals surface area contributed by atoms with Crippen molar-refractivity contribution in [2.75, 3.05) is 13.1 Å². The monoisotopic (exact) mass is 389 g/mol. The highest BCUT2D eigenvalue weighted by molar-refractivity contribution is 7.09. The first-order chi connectivity index (χ1) is 12.9. The number of piperidine rings is 1. The molecule has 1 atom stereocenters. The Kier molecular flexibility index (Phi) is 6.21. The normalized spacial score (nSPS) is 17.2. The summed E-state index contributed by atoms with van der Waals surface area (Å²) in [5, 5.41) is 5.82. The lowest BCUT2D eigenvalue weighted by Crippen LogP contribution is -2.39. The van der Waals surface area contributed by atoms with Crippen molar-refractivity contribution in [3.05, 3.63) is 51.7 Å². The van der Waals surface area contributed by atoms with E-state index in [1.165, 1.54) is 12.1 Å². The Labute approximate surface area is 162 Å². The zero-order valence-corrected chi connectivity index (χ0v) is 16.4. The van der Waals surface area contributed by atoms with E-state index in [2.05, 4.69) is 10.3 Å². The van der Waals surface area contributed by atoms with Gasteiger partial charge in [0.25, 0.3) is 5.91 Å². The van der Waals surface area contributed by atoms with E-state index in [1.54, 1.807) is 28.4 Å². The van der Waals surface area contributed by atoms with E-state index in [0.717, 1.165) is 23.5 Å². The number of amides is 2. The molecule has 1 aliphatic heterocycles. The first-order valence-electron chi connectivity index (χ1n) is 9.21. The highest BCUT2D eigenvalue weighted by atomic mass is 32.1. The molecule has 0 radical (unpaired) electrons. The van der Waals surface area contributed by atoms with Crippen LogP contribution in [0.1, 0.15) is 53.7 Å². The Bertz CT molecular complexity index is 821. The first-order valence-corrected chi connectivity index (χ1v) is 10.1. The smallest absolute Gasteiger partial charge is 0.253 e. The average molecular weight is 389 g/mol. The van der Waals surface area contributed by atoms with Crippen LogP contribution in [0.15, 0.2) is 29.6 Å². The van der Waals surface area contributed by atoms with Crippen molar-refractivity contribution in [2.45, 2.75) is 39.2 Å². The van der Waals surface area contributed by atoms with Crippen LogP contribution in [0.5, 0.6) is 0 Å². The number of hydrogen-bond acceptors (Lipinski definition) is 4. The van der Waals surface area contributed by atoms with E-state index < -0.39 is 5.82 Å². The summed E-state index contributed by atoms with van der Waals surface area (Å²) in [6, 6.07) is 5.83. The summed E-state index contributed by atoms with van der Waals surface area (Å²) in [5.74, 6) is -0.406. The number of rotatable bonds is 5. The van der Waals surface area contributed by atoms with E-state index in [4.69, 9.17) is 0 Å². The van der Waals surface area contributed by atoms with Gasteiger partial charge in [0.15, 0.2) is 0 Å². The van der Waals surface area contributed by atoms with Gasteiger partial charge in [0, 0.05) is 35.9 Å². The Balaban J connectivity index is 1.63. The van der Waals surface area contributed by atoms with Crippen LogP contribution in [0.25, 0.3) is 0 Å². The second-order valence-corrected chi connectivity index (χ2v) is 8.04. The number of carbonyl (C=O) groups excluding carboxylic acids is 2. The van der Waals surface area contributed by atoms with Crippen LogP contribution in [-0.2, 0) is 11.3 Å². The van der Waals surface area contributed by atoms with Gasteiger partial charge in [0.05, 0.1) is 17.2 Å². The summed E-state index contributed by atoms with van der Waals surface area (Å²) in [5.41, 5.74) is 1.23. The number of hydrogen-bond donors (Lipinski definition) is 1. The van der Waals surface area contributed by atoms with Crippen molar-refractivity contribution in [2.24, 2.45) is 5.92 Å². The maximum absolute atomic E-state index is 13.4. The molecule has 0 unspecified atom stereocenters. The summed E-state index contributed by atoms with van der Waals surface area (Å²) in [6.45, 7) is 5.39. The number of aromatic nitrogens is 1. The lowest BCUT2D eigenvalue weighted by Gasteiger charge is -2.32. The van der Waals surface area contributed by atoms with E-state index in [1.807, 2.05) is 19.2 Å². The molecule has 0 saturated carbocycles. The molecule has 1 aliphatic rings. The van der Waals surface area contributed by atoms with Gasteiger partial charge in [0.1, 0.15) is 5.82 Å². The molecule has 2 amide bonds. The zero-order chi connectivity index (χ0) is 19.4. The molecule has 2 aromatic rings. The van der Waals surface area contributed by atoms with Crippen molar-refractivity contribution < 1.29 is 14.0 Å². The van der Waals surface area contributed by atoms with Crippen molar-refractivity contribution in [1.29, 1.82) is 0 Å². The predicted molar refractivity (Wildman–Crippen MR) is 103 cm³/mol. The second kappa shape index (κ2) is 8.61. The maximum atomic E-state index is 13.4. The molecule has 1 aromatic carbocycles. The van der Waals surface area contributed by atoms with Gasteiger partial charge in [-0.3, -0.25) is 9.59 Å². The van der Waals surface area contributed by atoms with Crippen LogP contribution in [0, 0.1) is 11.7 Å². The number of nitrogens with zero attached hydrogens (tertiary/aromatic N) is 2. The van der Waals surface area contributed by atoms with E-state index in [9.17, 15) is 14.0 Å². The molecule has 3 rings (SSSR count). The molecule has 27 heavy (non-hydrogen) atoms. The summed E-state index contributed by atoms with van der Waals surface area (Å²) < 4.78 is 13.4. The predicted octanol–water partition coefficient (Wildman–Crippen LogP) is 3.57. The molecule has 1 N–H and O–H groups in total. The number of carbonyl (C=O) groups is 2. The third-order valence-corrected chi connectivity index (χ3v) is 5.72. The molecule has 0 aliphatic carbocycles. The van der Waals surface area contributed by atoms with E-state index in [0.29, 0.717) is 25.2 Å². The summed E-state index contributed by atoms with van der Waals surface area (Å²) in [4.78, 5) is 30.8. The van der Waals surface area contributed by atoms with Gasteiger partial charge >= 0.3 is 0 Å². The molecule has 2 heterocycles. The van der Waals surface area contributed by atoms with Gasteiger partial charge in [-0.2, -0.15) is 0 Å². The number of likely N-dealkylation sites (tertiary alicyclic amines) is 1. The average Bonchev–Trinajstić information content (AvgIpc) is 3.14. The Morgan fingerprint density at radius 3 is 2.96 bits per heavy atom. The Hall–Kier alpha value is -2.28. The lowest BCUT2D eigenvalue weighted by atomic mass is 9.98. The Morgan fingerprint density at radius 2 is 2.22 bits per heavy atom. The SMILES string of the molecule is CC(C)C(=O)NCc1csc([C@@H]2CCCN(C(=O)c3cccc(F)c3)C2)n1. The third-order valence-electron chi connectivity index (χ3n) is 4.67. The van der Waals surface area contributed by atoms with Crippen LogP contribution in [0.2, 0.25) is 0 Å². The number of halogens is 1. The van der Waals surface area contributed by atoms with Crippen LogP contribution < -0.4 is 5.32 Å². The first kappa shape index (κ1) is 19.5. The van der Waals surface area contributed by atoms with Crippen molar-refractivity contribution >= 4 is 23.2 Å². The molecule has 0 spiro atoms. The molecular formula is C20H24FN3O2S. The third kappa shape index (κ3) is 4.91. The highest BCUT2D eigenvalue weighted by Gasteiger charge is 2.27. The molecule has 1 fully saturated rings. The molecule has 0 bridgehead atoms. The minimum absolute atomic E-state index is 0.00841. The van der Waals surface area contributed by atoms with Crippen molar-refractivity contribution in [1.82, 2.24) is 15.2 Å². The molecule has 5 nitrogen and oxygen atoms in total. The van der Waals surface area contributed by atoms with Gasteiger partial charge in [0.2, 0.25) is 5.91 Å². The van der Waals surface area contributed by atoms with Gasteiger partial charge < -0.3 is 10.2 Å². The van der Waals surface area contributed by atoms with Crippen molar-refractivity contribution in [3.63, 3.8) is 0 Å². The lowest BCUT2D eigenvalue weighted by molar-refractivity contribution is -0.124. The molecule has 1 aromatic heterocycles. The maximum Gasteiger partial charge on any atom is 0.253 e. The van der Waals surface area contributed by atoms with Gasteiger partial charge in [-0.15, -0.1) is 11.3 Å². The summed E-state index contributed by atoms with van der Waals surface area (Å²) >= 11 is 1.57. The number of benzene rings is 1.